The minimum absolute atomic E-state index is 0.0195. The molecule has 54 heavy (non-hydrogen) atoms. The van der Waals surface area contributed by atoms with E-state index in [2.05, 4.69) is 78.7 Å². The fourth-order valence-corrected chi connectivity index (χ4v) is 9.21. The third kappa shape index (κ3) is 14.3. The fourth-order valence-electron chi connectivity index (χ4n) is 6.87. The Bertz CT molecular complexity index is 1270. The van der Waals surface area contributed by atoms with E-state index in [-0.39, 0.29) is 59.4 Å². The Hall–Kier alpha value is -1.86. The van der Waals surface area contributed by atoms with Gasteiger partial charge < -0.3 is 14.5 Å². The van der Waals surface area contributed by atoms with E-state index in [1.165, 1.54) is 11.3 Å². The van der Waals surface area contributed by atoms with E-state index in [1.54, 1.807) is 17.4 Å². The van der Waals surface area contributed by atoms with Crippen molar-refractivity contribution in [3.63, 3.8) is 0 Å². The lowest BCUT2D eigenvalue weighted by Gasteiger charge is -2.44. The number of nitrogens with zero attached hydrogens (tertiary/aromatic N) is 3. The number of hydrogen-bond acceptors (Lipinski definition) is 9. The minimum atomic E-state index is -2.35. The van der Waals surface area contributed by atoms with Crippen molar-refractivity contribution in [3.8, 4) is 0 Å². The Morgan fingerprint density at radius 2 is 1.72 bits per heavy atom. The summed E-state index contributed by atoms with van der Waals surface area (Å²) in [5.41, 5.74) is 0.327. The first-order chi connectivity index (χ1) is 25.4. The molecule has 1 aliphatic rings. The Morgan fingerprint density at radius 3 is 2.30 bits per heavy atom. The fraction of sp³-hybridized carbons (Fsp3) is 0.857. The molecule has 1 fully saturated rings. The van der Waals surface area contributed by atoms with Crippen LogP contribution in [0, 0.1) is 11.8 Å². The van der Waals surface area contributed by atoms with Crippen molar-refractivity contribution >= 4 is 37.4 Å². The van der Waals surface area contributed by atoms with Crippen molar-refractivity contribution in [2.24, 2.45) is 11.8 Å². The Kier molecular flexibility index (Phi) is 20.9. The highest BCUT2D eigenvalue weighted by Crippen LogP contribution is 2.42. The molecule has 2 rings (SSSR count). The third-order valence-electron chi connectivity index (χ3n) is 11.7. The molecule has 0 radical (unpaired) electrons. The summed E-state index contributed by atoms with van der Waals surface area (Å²) in [6, 6.07) is -1.31. The normalized spacial score (nSPS) is 18.5. The second-order valence-corrected chi connectivity index (χ2v) is 23.1. The molecule has 0 aliphatic carbocycles. The van der Waals surface area contributed by atoms with Gasteiger partial charge in [-0.15, -0.1) is 11.3 Å². The summed E-state index contributed by atoms with van der Waals surface area (Å²) in [6.45, 7) is 27.5. The zero-order valence-electron chi connectivity index (χ0n) is 36.4. The van der Waals surface area contributed by atoms with Crippen molar-refractivity contribution in [3.05, 3.63) is 16.1 Å². The number of nitrogens with one attached hydrogen (secondary N) is 1. The van der Waals surface area contributed by atoms with Gasteiger partial charge in [0.25, 0.3) is 5.91 Å². The van der Waals surface area contributed by atoms with Crippen LogP contribution < -0.4 is 5.32 Å². The summed E-state index contributed by atoms with van der Waals surface area (Å²) < 4.78 is 12.7. The van der Waals surface area contributed by atoms with Crippen LogP contribution in [0.2, 0.25) is 18.1 Å². The molecule has 1 aliphatic heterocycles. The molecule has 1 unspecified atom stereocenters. The molecule has 0 saturated carbocycles. The summed E-state index contributed by atoms with van der Waals surface area (Å²) in [7, 11) is -0.349. The van der Waals surface area contributed by atoms with Crippen LogP contribution in [0.3, 0.4) is 0 Å². The number of carbonyl (C=O) groups is 3. The molecule has 312 valence electrons. The molecule has 6 atom stereocenters. The number of hydrogen-bond donors (Lipinski definition) is 1. The summed E-state index contributed by atoms with van der Waals surface area (Å²) in [5, 5.41) is 7.48. The van der Waals surface area contributed by atoms with Crippen molar-refractivity contribution in [1.82, 2.24) is 20.3 Å². The lowest BCUT2D eigenvalue weighted by Crippen LogP contribution is -2.59. The maximum Gasteiger partial charge on any atom is 0.357 e. The van der Waals surface area contributed by atoms with Gasteiger partial charge in [0.2, 0.25) is 5.91 Å². The van der Waals surface area contributed by atoms with E-state index in [4.69, 9.17) is 19.0 Å². The first kappa shape index (κ1) is 48.3. The van der Waals surface area contributed by atoms with E-state index < -0.39 is 20.3 Å². The number of esters is 1. The molecule has 0 aromatic carbocycles. The molecule has 0 spiro atoms. The number of rotatable bonds is 24. The van der Waals surface area contributed by atoms with E-state index in [0.717, 1.165) is 82.2 Å². The van der Waals surface area contributed by atoms with Gasteiger partial charge in [-0.3, -0.25) is 19.3 Å². The number of thiazole rings is 1. The van der Waals surface area contributed by atoms with Crippen LogP contribution in [0.25, 0.3) is 0 Å². The second kappa shape index (κ2) is 23.4. The van der Waals surface area contributed by atoms with Gasteiger partial charge in [-0.05, 0) is 82.6 Å². The number of amides is 2. The molecule has 2 heterocycles. The van der Waals surface area contributed by atoms with Crippen LogP contribution in [-0.2, 0) is 23.6 Å². The number of ether oxygens (including phenoxy) is 1. The predicted molar refractivity (Wildman–Crippen MR) is 224 cm³/mol. The quantitative estimate of drug-likeness (QED) is 0.0477. The lowest BCUT2D eigenvalue weighted by atomic mass is 9.87. The second-order valence-electron chi connectivity index (χ2n) is 17.4. The molecule has 1 aromatic rings. The first-order valence-corrected chi connectivity index (χ1v) is 25.0. The van der Waals surface area contributed by atoms with Crippen molar-refractivity contribution < 1.29 is 28.4 Å². The number of aromatic nitrogens is 1. The molecule has 12 heteroatoms. The summed E-state index contributed by atoms with van der Waals surface area (Å²) in [6.07, 6.45) is 10.7. The molecular formula is C42H78N4O6SSi. The van der Waals surface area contributed by atoms with Gasteiger partial charge >= 0.3 is 5.97 Å². The highest BCUT2D eigenvalue weighted by atomic mass is 32.1. The number of carbonyl (C=O) groups excluding carboxylic acids is 3. The Morgan fingerprint density at radius 1 is 1.04 bits per heavy atom. The van der Waals surface area contributed by atoms with E-state index >= 15 is 4.79 Å². The summed E-state index contributed by atoms with van der Waals surface area (Å²) in [5.74, 6) is -0.863. The van der Waals surface area contributed by atoms with Gasteiger partial charge in [0.05, 0.1) is 36.4 Å². The Balaban J connectivity index is 2.68. The first-order valence-electron chi connectivity index (χ1n) is 21.2. The predicted octanol–water partition coefficient (Wildman–Crippen LogP) is 9.75. The van der Waals surface area contributed by atoms with Crippen LogP contribution in [0.4, 0.5) is 0 Å². The SMILES string of the molecule is CCCCCCON(C(=O)[C@@H](NC(=O)[C@H]1CCCCN1C)[C@@H](C)CC)[C@H](CC(O[Si](C)(C)C(C)(C)C)[C@@H](CCCC)c1nc(C(=O)OCC)cs1)C(C)C. The van der Waals surface area contributed by atoms with Gasteiger partial charge in [-0.1, -0.05) is 107 Å². The van der Waals surface area contributed by atoms with Gasteiger partial charge in [0, 0.05) is 11.3 Å². The van der Waals surface area contributed by atoms with Crippen LogP contribution in [0.5, 0.6) is 0 Å². The van der Waals surface area contributed by atoms with Crippen LogP contribution in [-0.4, -0.2) is 92.1 Å². The molecule has 1 aromatic heterocycles. The zero-order valence-corrected chi connectivity index (χ0v) is 38.2. The maximum absolute atomic E-state index is 15.1. The zero-order chi connectivity index (χ0) is 40.6. The number of likely N-dealkylation sites (N-methyl/N-ethyl adjacent to an activating group) is 1. The lowest BCUT2D eigenvalue weighted by molar-refractivity contribution is -0.212. The van der Waals surface area contributed by atoms with Gasteiger partial charge in [-0.25, -0.2) is 14.8 Å². The van der Waals surface area contributed by atoms with Crippen LogP contribution in [0.15, 0.2) is 5.38 Å². The topological polar surface area (TPSA) is 110 Å². The van der Waals surface area contributed by atoms with Gasteiger partial charge in [0.15, 0.2) is 14.0 Å². The molecular weight excluding hydrogens is 717 g/mol. The molecule has 2 amide bonds. The highest BCUT2D eigenvalue weighted by Gasteiger charge is 2.45. The monoisotopic (exact) mass is 795 g/mol. The van der Waals surface area contributed by atoms with Crippen LogP contribution >= 0.6 is 11.3 Å². The number of unbranched alkanes of at least 4 members (excludes halogenated alkanes) is 4. The highest BCUT2D eigenvalue weighted by molar-refractivity contribution is 7.09. The molecule has 10 nitrogen and oxygen atoms in total. The number of likely N-dealkylation sites (tertiary alicyclic amines) is 1. The largest absolute Gasteiger partial charge is 0.461 e. The summed E-state index contributed by atoms with van der Waals surface area (Å²) in [4.78, 5) is 55.3. The average molecular weight is 795 g/mol. The number of piperidine rings is 1. The van der Waals surface area contributed by atoms with Gasteiger partial charge in [-0.2, -0.15) is 0 Å². The van der Waals surface area contributed by atoms with Crippen molar-refractivity contribution in [2.75, 3.05) is 26.8 Å². The minimum Gasteiger partial charge on any atom is -0.461 e. The van der Waals surface area contributed by atoms with E-state index in [1.807, 2.05) is 14.0 Å². The molecule has 1 N–H and O–H groups in total. The smallest absolute Gasteiger partial charge is 0.357 e. The molecule has 0 bridgehead atoms. The standard InChI is InChI=1S/C42H78N4O6SSi/c1-14-18-20-23-27-51-46(40(48)37(31(7)16-3)44-38(47)34-25-21-22-26-45(34)11)35(30(5)6)28-36(52-54(12,13)42(8,9)10)32(24-19-15-2)39-43-33(29-53-39)41(49)50-17-4/h29-32,34-37H,14-28H2,1-13H3,(H,44,47)/t31-,32+,34+,35+,36?,37-/m0/s1. The van der Waals surface area contributed by atoms with Crippen molar-refractivity contribution in [2.45, 2.75) is 195 Å². The number of hydroxylamine groups is 2. The van der Waals surface area contributed by atoms with Crippen molar-refractivity contribution in [1.29, 1.82) is 0 Å². The van der Waals surface area contributed by atoms with E-state index in [9.17, 15) is 9.59 Å². The average Bonchev–Trinajstić information content (AvgIpc) is 3.60. The van der Waals surface area contributed by atoms with Crippen LogP contribution in [0.1, 0.15) is 168 Å². The maximum atomic E-state index is 15.1. The third-order valence-corrected chi connectivity index (χ3v) is 17.2. The van der Waals surface area contributed by atoms with Gasteiger partial charge in [0.1, 0.15) is 6.04 Å². The summed E-state index contributed by atoms with van der Waals surface area (Å²) >= 11 is 1.49. The van der Waals surface area contributed by atoms with E-state index in [0.29, 0.717) is 18.7 Å². The molecule has 1 saturated heterocycles. The Labute approximate surface area is 334 Å².